The van der Waals surface area contributed by atoms with Crippen LogP contribution in [-0.4, -0.2) is 139 Å². The molecule has 6 atom stereocenters. The number of anilines is 1. The van der Waals surface area contributed by atoms with E-state index in [1.54, 1.807) is 18.2 Å². The van der Waals surface area contributed by atoms with Gasteiger partial charge < -0.3 is 18.2 Å². The Morgan fingerprint density at radius 1 is 1.08 bits per heavy atom. The summed E-state index contributed by atoms with van der Waals surface area (Å²) in [7, 11) is 1.49. The Kier molecular flexibility index (Phi) is 12.5. The molecule has 4 saturated heterocycles. The van der Waals surface area contributed by atoms with Crippen LogP contribution >= 0.6 is 9.90 Å². The molecule has 0 radical (unpaired) electrons. The Morgan fingerprint density at radius 3 is 2.66 bits per heavy atom. The van der Waals surface area contributed by atoms with Gasteiger partial charge >= 0.3 is 232 Å². The van der Waals surface area contributed by atoms with Crippen molar-refractivity contribution in [3.05, 3.63) is 41.5 Å². The molecule has 4 aromatic rings. The van der Waals surface area contributed by atoms with E-state index in [9.17, 15) is 9.18 Å². The number of halogens is 3. The van der Waals surface area contributed by atoms with Gasteiger partial charge in [0.15, 0.2) is 0 Å². The summed E-state index contributed by atoms with van der Waals surface area (Å²) in [5, 5.41) is 1.17. The summed E-state index contributed by atoms with van der Waals surface area (Å²) in [5.74, 6) is 2.38. The minimum absolute atomic E-state index is 0. The summed E-state index contributed by atoms with van der Waals surface area (Å²) in [6.45, 7) is 7.17. The number of nitrogens with zero attached hydrogens (tertiary/aromatic N) is 6. The molecule has 5 aliphatic heterocycles. The van der Waals surface area contributed by atoms with E-state index >= 15 is 8.78 Å². The third-order valence-electron chi connectivity index (χ3n) is 11.8. The quantitative estimate of drug-likeness (QED) is 0.0568. The van der Waals surface area contributed by atoms with E-state index in [0.29, 0.717) is 48.3 Å². The first-order valence-electron chi connectivity index (χ1n) is 19.3. The maximum Gasteiger partial charge on any atom is -0.153 e. The smallest absolute Gasteiger partial charge is 0.153 e. The van der Waals surface area contributed by atoms with E-state index in [2.05, 4.69) is 19.2 Å². The van der Waals surface area contributed by atoms with Crippen LogP contribution in [-0.2, 0) is 23.0 Å². The number of rotatable bonds is 7. The van der Waals surface area contributed by atoms with Crippen molar-refractivity contribution in [2.45, 2.75) is 88.3 Å². The zero-order valence-electron chi connectivity index (χ0n) is 33.4. The number of ether oxygens (including phenoxy) is 5. The molecule has 0 N–H and O–H groups in total. The van der Waals surface area contributed by atoms with E-state index < -0.39 is 41.1 Å². The number of aromatic nitrogens is 3. The first kappa shape index (κ1) is 43.7. The van der Waals surface area contributed by atoms with Crippen LogP contribution in [0.2, 0.25) is 0 Å². The van der Waals surface area contributed by atoms with E-state index in [0.717, 1.165) is 25.8 Å². The summed E-state index contributed by atoms with van der Waals surface area (Å²) in [6.07, 6.45) is 2.11. The molecule has 2 aromatic carbocycles. The maximum absolute atomic E-state index is 17.6. The monoisotopic (exact) mass is 1040 g/mol. The van der Waals surface area contributed by atoms with E-state index in [1.807, 2.05) is 25.7 Å². The van der Waals surface area contributed by atoms with Crippen molar-refractivity contribution in [2.75, 3.05) is 51.7 Å². The number of carbonyl (C=O) groups is 1. The Balaban J connectivity index is 0.00000264. The molecule has 5 aliphatic rings. The molecule has 2 aromatic heterocycles. The summed E-state index contributed by atoms with van der Waals surface area (Å²) in [5.41, 5.74) is -1.11. The van der Waals surface area contributed by atoms with E-state index in [4.69, 9.17) is 38.6 Å². The number of hydrogen-bond acceptors (Lipinski definition) is 12. The number of methoxy groups -OCH3 is 1. The van der Waals surface area contributed by atoms with Crippen molar-refractivity contribution in [3.8, 4) is 38.3 Å². The normalized spacial score (nSPS) is 24.2. The molecule has 312 valence electrons. The number of hydrogen-bond donors (Lipinski definition) is 0. The van der Waals surface area contributed by atoms with Gasteiger partial charge in [-0.1, -0.05) is 0 Å². The summed E-state index contributed by atoms with van der Waals surface area (Å²) >= 11 is 0.263. The molecule has 7 heterocycles. The summed E-state index contributed by atoms with van der Waals surface area (Å²) < 4.78 is 80.7. The molecule has 1 amide bonds. The minimum Gasteiger partial charge on any atom is -0.813 e. The van der Waals surface area contributed by atoms with Gasteiger partial charge in [-0.25, -0.2) is 9.18 Å². The van der Waals surface area contributed by atoms with Gasteiger partial charge in [0.2, 0.25) is 0 Å². The van der Waals surface area contributed by atoms with Gasteiger partial charge in [-0.05, 0) is 53.0 Å². The number of pyridine rings is 1. The molecule has 1 unspecified atom stereocenters. The molecule has 12 nitrogen and oxygen atoms in total. The fraction of sp³-hybridized carbons (Fsp3) is 0.512. The van der Waals surface area contributed by atoms with Crippen LogP contribution < -0.4 is 19.1 Å². The zero-order chi connectivity index (χ0) is 39.8. The van der Waals surface area contributed by atoms with Crippen LogP contribution in [0.15, 0.2) is 24.3 Å². The standard InChI is InChI=1S/C41H42F3N6O6.H3P.H2S.Tl/c1-6-26-28(43)10-8-22-14-25(55-21-52-5)15-27(31(22)26)34-33(44)35-32-36(47-38(46-35)54-20-41-12-7-13-48(41)17-23(42)16-41)49-18-24-9-11-29(30(49)19-53-37(32)45-34)50(24)39(51)56-40(2,3)4;;;/h8,10,14-15,23-24,29-30H,7,9,11-13,16-21H2,2-5H3;1H3;1H2;/p-1/t23-,24-,29+,30+,41-;;;/m1.../s1. The third-order valence-corrected chi connectivity index (χ3v) is 12.4. The second-order valence-electron chi connectivity index (χ2n) is 16.5. The second kappa shape index (κ2) is 16.8. The Morgan fingerprint density at radius 2 is 1.90 bits per heavy atom. The average Bonchev–Trinajstić information content (AvgIpc) is 3.78. The van der Waals surface area contributed by atoms with E-state index in [1.165, 1.54) is 13.2 Å². The van der Waals surface area contributed by atoms with Crippen LogP contribution in [0.25, 0.3) is 32.9 Å². The number of amides is 1. The minimum atomic E-state index is -0.965. The Labute approximate surface area is 366 Å². The van der Waals surface area contributed by atoms with E-state index in [-0.39, 0.29) is 121 Å². The van der Waals surface area contributed by atoms with Gasteiger partial charge in [0.05, 0.1) is 11.6 Å². The fourth-order valence-corrected chi connectivity index (χ4v) is 10.1. The topological polar surface area (TPSA) is 112 Å². The van der Waals surface area contributed by atoms with Crippen LogP contribution in [0.1, 0.15) is 58.4 Å². The molecule has 18 heteroatoms. The number of thiol groups is 1. The predicted octanol–water partition coefficient (Wildman–Crippen LogP) is 5.68. The summed E-state index contributed by atoms with van der Waals surface area (Å²) in [6, 6.07) is 5.26. The molecule has 9 rings (SSSR count). The van der Waals surface area contributed by atoms with Crippen molar-refractivity contribution in [2.24, 2.45) is 0 Å². The molecule has 2 bridgehead atoms. The van der Waals surface area contributed by atoms with Crippen LogP contribution in [0.3, 0.4) is 0 Å². The van der Waals surface area contributed by atoms with Gasteiger partial charge in [-0.3, -0.25) is 9.80 Å². The fourth-order valence-electron chi connectivity index (χ4n) is 9.56. The molecule has 0 saturated carbocycles. The van der Waals surface area contributed by atoms with Gasteiger partial charge in [0.25, 0.3) is 0 Å². The number of carbonyl (C=O) groups excluding carboxylic acids is 1. The molecular weight excluding hydrogens is 997 g/mol. The molecule has 4 fully saturated rings. The zero-order valence-corrected chi connectivity index (χ0v) is 40.2. The van der Waals surface area contributed by atoms with Crippen molar-refractivity contribution < 1.29 is 41.7 Å². The third kappa shape index (κ3) is 7.76. The summed E-state index contributed by atoms with van der Waals surface area (Å²) in [4.78, 5) is 34.1. The molecule has 0 aliphatic carbocycles. The van der Waals surface area contributed by atoms with Gasteiger partial charge in [0.1, 0.15) is 11.8 Å². The first-order valence-corrected chi connectivity index (χ1v) is 21.6. The van der Waals surface area contributed by atoms with Crippen molar-refractivity contribution in [3.63, 3.8) is 0 Å². The van der Waals surface area contributed by atoms with Gasteiger partial charge in [-0.2, -0.15) is 9.90 Å². The second-order valence-corrected chi connectivity index (χ2v) is 17.6. The van der Waals surface area contributed by atoms with Crippen molar-refractivity contribution in [1.29, 1.82) is 0 Å². The number of benzene rings is 2. The molecule has 0 spiro atoms. The largest absolute Gasteiger partial charge is 0.813 e. The van der Waals surface area contributed by atoms with Gasteiger partial charge in [0, 0.05) is 13.0 Å². The first-order chi connectivity index (χ1) is 27.4. The molecule has 59 heavy (non-hydrogen) atoms. The Hall–Kier alpha value is -3.37. The SMILES string of the molecule is COCOc1cc(-c2nc3c4c(nc(OC[C@]56CCCN5C[C@H](F)C6)nc4c2F)N2C[C@H]4CC[C@@H]([C@@H]2CO3)N4C(=O)OC(C)(C)C)c2c(C#[C][Tl])c(F)ccc2c1.P.[SH-]. The number of fused-ring (bicyclic) bond motifs is 7. The van der Waals surface area contributed by atoms with Crippen LogP contribution in [0.4, 0.5) is 23.8 Å². The average molecular weight is 1040 g/mol. The maximum atomic E-state index is 17.6. The Bertz CT molecular complexity index is 2370. The van der Waals surface area contributed by atoms with Gasteiger partial charge in [-0.15, -0.1) is 0 Å². The van der Waals surface area contributed by atoms with Crippen LogP contribution in [0.5, 0.6) is 17.6 Å². The van der Waals surface area contributed by atoms with Crippen molar-refractivity contribution in [1.82, 2.24) is 24.8 Å². The van der Waals surface area contributed by atoms with Crippen LogP contribution in [0, 0.1) is 21.0 Å². The molecular formula is C41H46F3N6O6PSTl-. The number of piperazine rings is 1. The number of alkyl halides is 1. The predicted molar refractivity (Wildman–Crippen MR) is 225 cm³/mol. The van der Waals surface area contributed by atoms with Crippen molar-refractivity contribution >= 4 is 82.7 Å².